The van der Waals surface area contributed by atoms with E-state index < -0.39 is 0 Å². The number of thioether (sulfide) groups is 1. The van der Waals surface area contributed by atoms with Crippen molar-refractivity contribution < 1.29 is 0 Å². The van der Waals surface area contributed by atoms with Crippen molar-refractivity contribution in [2.45, 2.75) is 46.0 Å². The molecule has 2 unspecified atom stereocenters. The largest absolute Gasteiger partial charge is 0.316 e. The molecule has 1 N–H and O–H groups in total. The SMILES string of the molecule is CSCCCC1CCCC1CNCC(C)C. The molecule has 1 nitrogen and oxygen atoms in total. The monoisotopic (exact) mass is 243 g/mol. The molecule has 0 amide bonds. The smallest absolute Gasteiger partial charge is 0.00178 e. The summed E-state index contributed by atoms with van der Waals surface area (Å²) in [7, 11) is 0. The van der Waals surface area contributed by atoms with Crippen LogP contribution in [0.15, 0.2) is 0 Å². The zero-order chi connectivity index (χ0) is 11.8. The second kappa shape index (κ2) is 8.41. The van der Waals surface area contributed by atoms with Gasteiger partial charge < -0.3 is 5.32 Å². The van der Waals surface area contributed by atoms with Gasteiger partial charge in [0.25, 0.3) is 0 Å². The van der Waals surface area contributed by atoms with Crippen LogP contribution in [0.5, 0.6) is 0 Å². The van der Waals surface area contributed by atoms with Crippen LogP contribution in [0.3, 0.4) is 0 Å². The van der Waals surface area contributed by atoms with Gasteiger partial charge >= 0.3 is 0 Å². The molecular weight excluding hydrogens is 214 g/mol. The summed E-state index contributed by atoms with van der Waals surface area (Å²) >= 11 is 1.99. The number of rotatable bonds is 8. The quantitative estimate of drug-likeness (QED) is 0.651. The molecule has 1 fully saturated rings. The Kier molecular flexibility index (Phi) is 7.55. The summed E-state index contributed by atoms with van der Waals surface area (Å²) in [5.41, 5.74) is 0. The van der Waals surface area contributed by atoms with E-state index in [0.717, 1.165) is 17.8 Å². The van der Waals surface area contributed by atoms with Crippen LogP contribution in [0.2, 0.25) is 0 Å². The zero-order valence-electron chi connectivity index (χ0n) is 11.3. The van der Waals surface area contributed by atoms with E-state index in [0.29, 0.717) is 0 Å². The Morgan fingerprint density at radius 2 is 2.00 bits per heavy atom. The molecule has 1 rings (SSSR count). The Morgan fingerprint density at radius 3 is 2.69 bits per heavy atom. The van der Waals surface area contributed by atoms with E-state index in [1.807, 2.05) is 11.8 Å². The second-order valence-corrected chi connectivity index (χ2v) is 6.62. The Morgan fingerprint density at radius 1 is 1.25 bits per heavy atom. The Balaban J connectivity index is 2.13. The summed E-state index contributed by atoms with van der Waals surface area (Å²) in [5.74, 6) is 4.13. The minimum Gasteiger partial charge on any atom is -0.316 e. The highest BCUT2D eigenvalue weighted by Gasteiger charge is 2.26. The maximum Gasteiger partial charge on any atom is -0.00178 e. The van der Waals surface area contributed by atoms with E-state index in [4.69, 9.17) is 0 Å². The minimum atomic E-state index is 0.788. The van der Waals surface area contributed by atoms with E-state index in [2.05, 4.69) is 25.4 Å². The van der Waals surface area contributed by atoms with Crippen LogP contribution in [-0.2, 0) is 0 Å². The van der Waals surface area contributed by atoms with Crippen molar-refractivity contribution in [1.29, 1.82) is 0 Å². The molecule has 1 aliphatic carbocycles. The zero-order valence-corrected chi connectivity index (χ0v) is 12.1. The second-order valence-electron chi connectivity index (χ2n) is 5.64. The number of nitrogens with one attached hydrogen (secondary N) is 1. The van der Waals surface area contributed by atoms with Crippen molar-refractivity contribution in [3.63, 3.8) is 0 Å². The molecule has 0 radical (unpaired) electrons. The molecule has 1 aliphatic rings. The van der Waals surface area contributed by atoms with Crippen molar-refractivity contribution in [1.82, 2.24) is 5.32 Å². The maximum absolute atomic E-state index is 3.64. The lowest BCUT2D eigenvalue weighted by atomic mass is 9.92. The van der Waals surface area contributed by atoms with Gasteiger partial charge in [-0.15, -0.1) is 0 Å². The van der Waals surface area contributed by atoms with Gasteiger partial charge in [0, 0.05) is 0 Å². The van der Waals surface area contributed by atoms with Crippen molar-refractivity contribution in [2.24, 2.45) is 17.8 Å². The van der Waals surface area contributed by atoms with E-state index in [1.165, 1.54) is 50.9 Å². The lowest BCUT2D eigenvalue weighted by Gasteiger charge is -2.20. The van der Waals surface area contributed by atoms with E-state index in [9.17, 15) is 0 Å². The molecule has 1 saturated carbocycles. The summed E-state index contributed by atoms with van der Waals surface area (Å²) in [6, 6.07) is 0. The Bertz CT molecular complexity index is 170. The molecule has 16 heavy (non-hydrogen) atoms. The van der Waals surface area contributed by atoms with Gasteiger partial charge in [-0.05, 0) is 62.1 Å². The number of hydrogen-bond donors (Lipinski definition) is 1. The molecule has 0 bridgehead atoms. The highest BCUT2D eigenvalue weighted by atomic mass is 32.2. The predicted molar refractivity (Wildman–Crippen MR) is 76.2 cm³/mol. The Hall–Kier alpha value is 0.310. The van der Waals surface area contributed by atoms with Crippen LogP contribution in [0.1, 0.15) is 46.0 Å². The minimum absolute atomic E-state index is 0.788. The summed E-state index contributed by atoms with van der Waals surface area (Å²) in [5, 5.41) is 3.64. The average Bonchev–Trinajstić information content (AvgIpc) is 2.66. The first kappa shape index (κ1) is 14.4. The van der Waals surface area contributed by atoms with Crippen LogP contribution in [0.4, 0.5) is 0 Å². The lowest BCUT2D eigenvalue weighted by molar-refractivity contribution is 0.340. The van der Waals surface area contributed by atoms with E-state index >= 15 is 0 Å². The van der Waals surface area contributed by atoms with Gasteiger partial charge in [-0.1, -0.05) is 26.7 Å². The van der Waals surface area contributed by atoms with Crippen molar-refractivity contribution in [2.75, 3.05) is 25.1 Å². The first-order valence-corrected chi connectivity index (χ1v) is 8.33. The number of hydrogen-bond acceptors (Lipinski definition) is 2. The van der Waals surface area contributed by atoms with Crippen LogP contribution in [0, 0.1) is 17.8 Å². The van der Waals surface area contributed by atoms with Gasteiger partial charge in [0.2, 0.25) is 0 Å². The molecule has 0 aromatic carbocycles. The molecule has 0 saturated heterocycles. The molecule has 0 aromatic rings. The predicted octanol–water partition coefficient (Wildman–Crippen LogP) is 3.79. The first-order chi connectivity index (χ1) is 7.74. The third-order valence-corrected chi connectivity index (χ3v) is 4.40. The standard InChI is InChI=1S/C14H29NS/c1-12(2)10-15-11-14-7-4-6-13(14)8-5-9-16-3/h12-15H,4-11H2,1-3H3. The average molecular weight is 243 g/mol. The van der Waals surface area contributed by atoms with Crippen LogP contribution in [-0.4, -0.2) is 25.1 Å². The molecule has 0 aliphatic heterocycles. The van der Waals surface area contributed by atoms with Crippen molar-refractivity contribution in [3.05, 3.63) is 0 Å². The molecule has 2 atom stereocenters. The lowest BCUT2D eigenvalue weighted by Crippen LogP contribution is -2.28. The van der Waals surface area contributed by atoms with Crippen molar-refractivity contribution >= 4 is 11.8 Å². The summed E-state index contributed by atoms with van der Waals surface area (Å²) < 4.78 is 0. The third kappa shape index (κ3) is 5.58. The topological polar surface area (TPSA) is 12.0 Å². The van der Waals surface area contributed by atoms with Crippen LogP contribution in [0.25, 0.3) is 0 Å². The summed E-state index contributed by atoms with van der Waals surface area (Å²) in [4.78, 5) is 0. The fraction of sp³-hybridized carbons (Fsp3) is 1.00. The molecule has 96 valence electrons. The fourth-order valence-corrected chi connectivity index (χ4v) is 3.27. The summed E-state index contributed by atoms with van der Waals surface area (Å²) in [6.07, 6.45) is 9.53. The highest BCUT2D eigenvalue weighted by Crippen LogP contribution is 2.34. The third-order valence-electron chi connectivity index (χ3n) is 3.70. The molecular formula is C14H29NS. The molecule has 0 spiro atoms. The molecule has 0 heterocycles. The van der Waals surface area contributed by atoms with Gasteiger partial charge in [-0.2, -0.15) is 11.8 Å². The Labute approximate surface area is 106 Å². The molecule has 0 aromatic heterocycles. The van der Waals surface area contributed by atoms with Crippen LogP contribution < -0.4 is 5.32 Å². The van der Waals surface area contributed by atoms with Gasteiger partial charge in [-0.3, -0.25) is 0 Å². The molecule has 2 heteroatoms. The summed E-state index contributed by atoms with van der Waals surface area (Å²) in [6.45, 7) is 7.03. The highest BCUT2D eigenvalue weighted by molar-refractivity contribution is 7.98. The van der Waals surface area contributed by atoms with Gasteiger partial charge in [0.05, 0.1) is 0 Å². The van der Waals surface area contributed by atoms with Gasteiger partial charge in [-0.25, -0.2) is 0 Å². The first-order valence-electron chi connectivity index (χ1n) is 6.93. The van der Waals surface area contributed by atoms with E-state index in [1.54, 1.807) is 0 Å². The van der Waals surface area contributed by atoms with Crippen molar-refractivity contribution in [3.8, 4) is 0 Å². The van der Waals surface area contributed by atoms with Crippen LogP contribution >= 0.6 is 11.8 Å². The normalized spacial score (nSPS) is 25.5. The van der Waals surface area contributed by atoms with Gasteiger partial charge in [0.1, 0.15) is 0 Å². The van der Waals surface area contributed by atoms with E-state index in [-0.39, 0.29) is 0 Å². The van der Waals surface area contributed by atoms with Gasteiger partial charge in [0.15, 0.2) is 0 Å². The fourth-order valence-electron chi connectivity index (χ4n) is 2.81. The maximum atomic E-state index is 3.64.